The van der Waals surface area contributed by atoms with Gasteiger partial charge >= 0.3 is 11.9 Å². The molecule has 0 aliphatic carbocycles. The number of carbonyl (C=O) groups is 8. The van der Waals surface area contributed by atoms with E-state index in [0.717, 1.165) is 33.0 Å². The number of likely N-dealkylation sites (tertiary alicyclic amines) is 1. The van der Waals surface area contributed by atoms with Gasteiger partial charge in [-0.25, -0.2) is 15.4 Å². The van der Waals surface area contributed by atoms with Crippen molar-refractivity contribution in [2.24, 2.45) is 28.6 Å². The monoisotopic (exact) mass is 1330 g/mol. The molecule has 6 amide bonds. The number of aliphatic hydroxyl groups excluding tert-OH is 1. The fraction of sp³-hybridized carbons (Fsp3) is 0.552. The Labute approximate surface area is 553 Å². The highest BCUT2D eigenvalue weighted by molar-refractivity contribution is 6.67. The molecule has 0 unspecified atom stereocenters. The Morgan fingerprint density at radius 3 is 2.13 bits per heavy atom. The standard InChI is InChI=1S/C35H47Cl3N4O7.C32H43N5O6/c1-20(2)28(30(44)39-21(3)31(45)42-14-8-9-25(17-42)32(46)49-19-35(36,37)38)41-33(47)34(5,6)13-12-23-10-11-24-16-26(18-48-7)29(22(4)43)40-27(24)15-23;1-18(2)26-28(38)33-19(3)29(39)37-14-8-9-24(36-37)30(40)43-20(4)27-23(17-42-7)16-22-11-10-21(15-25(22)34-27)12-13-32(5,6)31(41)35-26/h10-13,15-16,20-22,25,28,43H,8-9,14,17-19H2,1-7H3,(H,39,44)(H,41,47);10-13,15-16,18-20,24,26,36H,8-9,14,17H2,1-7H3,(H,33,38)(H,35,41)/b2*13-12+/t21-,22+,25+,28-;19-,20+,24-,26-/m00/s1. The third kappa shape index (κ3) is 20.1. The number of nitrogens with zero attached hydrogens (tertiary/aromatic N) is 4. The second-order valence-electron chi connectivity index (χ2n) is 25.7. The van der Waals surface area contributed by atoms with Gasteiger partial charge in [-0.15, -0.1) is 0 Å². The van der Waals surface area contributed by atoms with Gasteiger partial charge in [0.1, 0.15) is 42.9 Å². The summed E-state index contributed by atoms with van der Waals surface area (Å²) in [4.78, 5) is 117. The van der Waals surface area contributed by atoms with Crippen molar-refractivity contribution < 1.29 is 62.4 Å². The fourth-order valence-electron chi connectivity index (χ4n) is 10.7. The molecular formula is C67H90Cl3N9O13. The number of hydrogen-bond acceptors (Lipinski definition) is 16. The van der Waals surface area contributed by atoms with Gasteiger partial charge in [-0.3, -0.25) is 43.4 Å². The Bertz CT molecular complexity index is 3400. The number of fused-ring (bicyclic) bond motifs is 5. The number of aromatic nitrogens is 2. The number of piperidine rings is 1. The van der Waals surface area contributed by atoms with E-state index in [-0.39, 0.29) is 42.7 Å². The van der Waals surface area contributed by atoms with E-state index in [0.29, 0.717) is 67.8 Å². The largest absolute Gasteiger partial charge is 0.461 e. The first kappa shape index (κ1) is 74.3. The zero-order chi connectivity index (χ0) is 68.2. The maximum Gasteiger partial charge on any atom is 0.325 e. The predicted octanol–water partition coefficient (Wildman–Crippen LogP) is 8.45. The molecule has 0 radical (unpaired) electrons. The maximum absolute atomic E-state index is 13.5. The van der Waals surface area contributed by atoms with E-state index < -0.39 is 99.2 Å². The zero-order valence-electron chi connectivity index (χ0n) is 55.0. The molecule has 8 atom stereocenters. The maximum atomic E-state index is 13.5. The number of ether oxygens (including phenoxy) is 4. The number of amides is 6. The van der Waals surface area contributed by atoms with Crippen LogP contribution in [0.15, 0.2) is 60.7 Å². The number of rotatable bonds is 16. The van der Waals surface area contributed by atoms with Gasteiger partial charge in [-0.05, 0) is 128 Å². The Balaban J connectivity index is 0.000000294. The molecule has 2 aromatic heterocycles. The Morgan fingerprint density at radius 2 is 1.49 bits per heavy atom. The molecular weight excluding hydrogens is 1250 g/mol. The lowest BCUT2D eigenvalue weighted by Gasteiger charge is -2.35. The van der Waals surface area contributed by atoms with Gasteiger partial charge in [0.25, 0.3) is 5.91 Å². The molecule has 5 bridgehead atoms. The highest BCUT2D eigenvalue weighted by atomic mass is 35.6. The second kappa shape index (κ2) is 32.4. The third-order valence-electron chi connectivity index (χ3n) is 16.2. The molecule has 502 valence electrons. The Morgan fingerprint density at radius 1 is 0.848 bits per heavy atom. The van der Waals surface area contributed by atoms with Crippen molar-refractivity contribution in [2.45, 2.75) is 168 Å². The number of nitrogens with one attached hydrogen (secondary N) is 5. The summed E-state index contributed by atoms with van der Waals surface area (Å²) >= 11 is 17.0. The van der Waals surface area contributed by atoms with Crippen LogP contribution in [0.1, 0.15) is 155 Å². The summed E-state index contributed by atoms with van der Waals surface area (Å²) in [5.41, 5.74) is 6.81. The lowest BCUT2D eigenvalue weighted by Crippen LogP contribution is -2.61. The quantitative estimate of drug-likeness (QED) is 0.0453. The van der Waals surface area contributed by atoms with Gasteiger partial charge in [0.2, 0.25) is 33.3 Å². The molecule has 4 aromatic rings. The number of esters is 2. The van der Waals surface area contributed by atoms with Crippen LogP contribution in [0.2, 0.25) is 0 Å². The van der Waals surface area contributed by atoms with Gasteiger partial charge in [-0.1, -0.05) is 111 Å². The van der Waals surface area contributed by atoms with Crippen LogP contribution in [0.5, 0.6) is 0 Å². The highest BCUT2D eigenvalue weighted by Gasteiger charge is 2.38. The van der Waals surface area contributed by atoms with Crippen molar-refractivity contribution in [3.05, 3.63) is 94.3 Å². The van der Waals surface area contributed by atoms with Crippen molar-refractivity contribution in [3.63, 3.8) is 0 Å². The minimum Gasteiger partial charge on any atom is -0.461 e. The number of alkyl halides is 3. The number of cyclic esters (lactones) is 1. The molecule has 7 rings (SSSR count). The summed E-state index contributed by atoms with van der Waals surface area (Å²) in [5.74, 6) is -4.55. The third-order valence-corrected chi connectivity index (χ3v) is 16.6. The van der Waals surface area contributed by atoms with Crippen LogP contribution in [0, 0.1) is 28.6 Å². The first-order valence-corrected chi connectivity index (χ1v) is 32.2. The van der Waals surface area contributed by atoms with Crippen LogP contribution >= 0.6 is 34.8 Å². The number of benzene rings is 2. The molecule has 25 heteroatoms. The predicted molar refractivity (Wildman–Crippen MR) is 353 cm³/mol. The number of aliphatic hydroxyl groups is 1. The lowest BCUT2D eigenvalue weighted by molar-refractivity contribution is -0.157. The fourth-order valence-corrected chi connectivity index (χ4v) is 10.9. The average molecular weight is 1340 g/mol. The zero-order valence-corrected chi connectivity index (χ0v) is 57.3. The lowest BCUT2D eigenvalue weighted by atomic mass is 9.89. The van der Waals surface area contributed by atoms with Crippen LogP contribution in [0.25, 0.3) is 34.0 Å². The summed E-state index contributed by atoms with van der Waals surface area (Å²) < 4.78 is 19.9. The van der Waals surface area contributed by atoms with Crippen LogP contribution in [0.4, 0.5) is 0 Å². The molecule has 3 aliphatic rings. The molecule has 22 nitrogen and oxygen atoms in total. The molecule has 2 fully saturated rings. The summed E-state index contributed by atoms with van der Waals surface area (Å²) in [5, 5.41) is 24.6. The van der Waals surface area contributed by atoms with Crippen molar-refractivity contribution in [2.75, 3.05) is 40.5 Å². The number of carbonyl (C=O) groups excluding carboxylic acids is 8. The van der Waals surface area contributed by atoms with Crippen molar-refractivity contribution in [1.29, 1.82) is 0 Å². The summed E-state index contributed by atoms with van der Waals surface area (Å²) in [6.07, 6.45) is 7.91. The Hall–Kier alpha value is -6.79. The van der Waals surface area contributed by atoms with Crippen molar-refractivity contribution in [3.8, 4) is 0 Å². The number of halogens is 3. The van der Waals surface area contributed by atoms with E-state index in [4.69, 9.17) is 58.7 Å². The molecule has 0 spiro atoms. The summed E-state index contributed by atoms with van der Waals surface area (Å²) in [7, 11) is 3.18. The van der Waals surface area contributed by atoms with Gasteiger partial charge < -0.3 is 50.2 Å². The topological polar surface area (TPSA) is 286 Å². The smallest absolute Gasteiger partial charge is 0.325 e. The molecule has 2 aromatic carbocycles. The molecule has 3 aliphatic heterocycles. The van der Waals surface area contributed by atoms with Crippen LogP contribution in [-0.2, 0) is 70.5 Å². The van der Waals surface area contributed by atoms with Crippen LogP contribution < -0.4 is 26.7 Å². The van der Waals surface area contributed by atoms with E-state index in [1.54, 1.807) is 95.6 Å². The SMILES string of the molecule is COCc1cc2ccc(/C=C/C(C)(C)C(=O)N[C@H](C(=O)N[C@@H](C)C(=O)N3CCC[C@@H](C(=O)OCC(Cl)(Cl)Cl)C3)C(C)C)cc2nc1[C@@H](C)O.COCc1cc2ccc3cc2nc1[C@@H](C)OC(=O)[C@@H]1CCCN(N1)C(=O)[C@H](C)NC(=O)[C@H](C(C)C)NC(=O)C(C)(C)/C=C/3. The van der Waals surface area contributed by atoms with E-state index in [9.17, 15) is 43.5 Å². The van der Waals surface area contributed by atoms with E-state index >= 15 is 0 Å². The number of methoxy groups -OCH3 is 2. The number of hydrogen-bond donors (Lipinski definition) is 6. The Kier molecular flexibility index (Phi) is 26.1. The number of pyridine rings is 2. The van der Waals surface area contributed by atoms with Crippen LogP contribution in [0.3, 0.4) is 0 Å². The second-order valence-corrected chi connectivity index (χ2v) is 28.2. The average Bonchev–Trinajstić information content (AvgIpc) is 0.920. The molecule has 6 N–H and O–H groups in total. The number of hydrazine groups is 1. The first-order chi connectivity index (χ1) is 43.1. The van der Waals surface area contributed by atoms with Crippen molar-refractivity contribution in [1.82, 2.24) is 46.6 Å². The van der Waals surface area contributed by atoms with Crippen LogP contribution in [-0.4, -0.2) is 147 Å². The highest BCUT2D eigenvalue weighted by Crippen LogP contribution is 2.31. The van der Waals surface area contributed by atoms with Gasteiger partial charge in [0.15, 0.2) is 0 Å². The summed E-state index contributed by atoms with van der Waals surface area (Å²) in [6, 6.07) is 11.1. The molecule has 2 saturated heterocycles. The summed E-state index contributed by atoms with van der Waals surface area (Å²) in [6.45, 7) is 22.0. The molecule has 0 saturated carbocycles. The first-order valence-electron chi connectivity index (χ1n) is 31.1. The molecule has 5 heterocycles. The van der Waals surface area contributed by atoms with E-state index in [1.165, 1.54) is 9.91 Å². The molecule has 92 heavy (non-hydrogen) atoms. The minimum absolute atomic E-state index is 0.118. The van der Waals surface area contributed by atoms with Gasteiger partial charge in [0.05, 0.1) is 58.5 Å². The van der Waals surface area contributed by atoms with Gasteiger partial charge in [-0.2, -0.15) is 0 Å². The van der Waals surface area contributed by atoms with Gasteiger partial charge in [0, 0.05) is 55.8 Å². The normalized spacial score (nSPS) is 21.6. The minimum atomic E-state index is -1.73. The van der Waals surface area contributed by atoms with Crippen molar-refractivity contribution >= 4 is 116 Å². The van der Waals surface area contributed by atoms with E-state index in [1.807, 2.05) is 74.5 Å². The van der Waals surface area contributed by atoms with E-state index in [2.05, 4.69) is 31.7 Å².